The third-order valence-electron chi connectivity index (χ3n) is 3.62. The van der Waals surface area contributed by atoms with E-state index in [1.54, 1.807) is 17.7 Å². The van der Waals surface area contributed by atoms with Crippen molar-refractivity contribution in [3.8, 4) is 5.75 Å². The van der Waals surface area contributed by atoms with Crippen molar-refractivity contribution in [2.45, 2.75) is 0 Å². The lowest BCUT2D eigenvalue weighted by Gasteiger charge is -2.28. The number of hydrogen-bond donors (Lipinski definition) is 1. The smallest absolute Gasteiger partial charge is 0.142 e. The largest absolute Gasteiger partial charge is 0.490 e. The fourth-order valence-corrected chi connectivity index (χ4v) is 4.15. The van der Waals surface area contributed by atoms with Crippen LogP contribution >= 0.6 is 33.9 Å². The predicted octanol–water partition coefficient (Wildman–Crippen LogP) is 3.87. The third-order valence-corrected chi connectivity index (χ3v) is 5.42. The van der Waals surface area contributed by atoms with Crippen LogP contribution in [0.3, 0.4) is 0 Å². The van der Waals surface area contributed by atoms with Crippen molar-refractivity contribution in [2.24, 2.45) is 0 Å². The van der Waals surface area contributed by atoms with E-state index in [4.69, 9.17) is 4.74 Å². The second-order valence-electron chi connectivity index (χ2n) is 5.07. The van der Waals surface area contributed by atoms with Gasteiger partial charge in [0.2, 0.25) is 0 Å². The van der Waals surface area contributed by atoms with Gasteiger partial charge in [0.05, 0.1) is 20.5 Å². The lowest BCUT2D eigenvalue weighted by Crippen LogP contribution is -2.28. The molecule has 4 rings (SSSR count). The summed E-state index contributed by atoms with van der Waals surface area (Å²) in [6.45, 7) is 1.63. The van der Waals surface area contributed by atoms with Crippen molar-refractivity contribution in [1.82, 2.24) is 9.97 Å². The Kier molecular flexibility index (Phi) is 3.53. The number of fused-ring (bicyclic) bond motifs is 2. The van der Waals surface area contributed by atoms with E-state index in [0.29, 0.717) is 0 Å². The summed E-state index contributed by atoms with van der Waals surface area (Å²) in [4.78, 5) is 11.9. The fourth-order valence-electron chi connectivity index (χ4n) is 2.49. The molecule has 1 N–H and O–H groups in total. The number of rotatable bonds is 2. The molecule has 3 heterocycles. The second kappa shape index (κ2) is 5.54. The molecule has 0 unspecified atom stereocenters. The van der Waals surface area contributed by atoms with Gasteiger partial charge in [0, 0.05) is 12.7 Å². The van der Waals surface area contributed by atoms with Gasteiger partial charge in [0.15, 0.2) is 0 Å². The Hall–Kier alpha value is -1.61. The van der Waals surface area contributed by atoms with E-state index in [1.165, 1.54) is 2.88 Å². The minimum Gasteiger partial charge on any atom is -0.490 e. The highest BCUT2D eigenvalue weighted by atomic mass is 127. The average molecular weight is 424 g/mol. The Morgan fingerprint density at radius 1 is 1.32 bits per heavy atom. The van der Waals surface area contributed by atoms with Crippen LogP contribution in [0.2, 0.25) is 0 Å². The van der Waals surface area contributed by atoms with E-state index in [-0.39, 0.29) is 0 Å². The molecule has 0 saturated carbocycles. The first-order chi connectivity index (χ1) is 10.7. The molecule has 0 radical (unpaired) electrons. The highest BCUT2D eigenvalue weighted by Crippen LogP contribution is 2.35. The van der Waals surface area contributed by atoms with Crippen molar-refractivity contribution >= 4 is 61.3 Å². The molecule has 0 spiro atoms. The summed E-state index contributed by atoms with van der Waals surface area (Å²) in [6, 6.07) is 8.22. The van der Waals surface area contributed by atoms with Crippen molar-refractivity contribution < 1.29 is 4.74 Å². The maximum atomic E-state index is 5.68. The standard InChI is InChI=1S/C15H13IN4OS/c1-20-4-5-21-12-3-2-9(6-11(12)20)19-14-10-7-13(16)22-15(10)18-8-17-14/h2-3,6-8H,4-5H2,1H3,(H,17,18,19). The normalized spacial score (nSPS) is 13.8. The number of halogens is 1. The molecule has 1 aliphatic rings. The molecule has 0 saturated heterocycles. The molecular weight excluding hydrogens is 411 g/mol. The molecule has 3 aromatic rings. The second-order valence-corrected chi connectivity index (χ2v) is 7.99. The van der Waals surface area contributed by atoms with Crippen LogP contribution in [0.4, 0.5) is 17.2 Å². The third kappa shape index (κ3) is 2.48. The van der Waals surface area contributed by atoms with Crippen molar-refractivity contribution in [1.29, 1.82) is 0 Å². The molecule has 22 heavy (non-hydrogen) atoms. The molecule has 1 aromatic carbocycles. The predicted molar refractivity (Wildman–Crippen MR) is 98.6 cm³/mol. The van der Waals surface area contributed by atoms with E-state index >= 15 is 0 Å². The minimum absolute atomic E-state index is 0.732. The van der Waals surface area contributed by atoms with Crippen LogP contribution in [0.5, 0.6) is 5.75 Å². The topological polar surface area (TPSA) is 50.3 Å². The lowest BCUT2D eigenvalue weighted by atomic mass is 10.2. The van der Waals surface area contributed by atoms with Gasteiger partial charge in [0.25, 0.3) is 0 Å². The molecule has 0 aliphatic carbocycles. The van der Waals surface area contributed by atoms with Crippen LogP contribution in [0.1, 0.15) is 0 Å². The van der Waals surface area contributed by atoms with Crippen LogP contribution in [0.15, 0.2) is 30.6 Å². The van der Waals surface area contributed by atoms with E-state index in [0.717, 1.165) is 46.3 Å². The summed E-state index contributed by atoms with van der Waals surface area (Å²) in [7, 11) is 2.08. The van der Waals surface area contributed by atoms with E-state index in [1.807, 2.05) is 12.1 Å². The molecule has 5 nitrogen and oxygen atoms in total. The van der Waals surface area contributed by atoms with Gasteiger partial charge in [-0.1, -0.05) is 0 Å². The molecular formula is C15H13IN4OS. The van der Waals surface area contributed by atoms with Gasteiger partial charge in [-0.05, 0) is 46.9 Å². The molecule has 7 heteroatoms. The number of ether oxygens (including phenoxy) is 1. The Morgan fingerprint density at radius 2 is 2.23 bits per heavy atom. The number of aromatic nitrogens is 2. The maximum Gasteiger partial charge on any atom is 0.142 e. The van der Waals surface area contributed by atoms with Crippen molar-refractivity contribution in [2.75, 3.05) is 30.4 Å². The highest BCUT2D eigenvalue weighted by Gasteiger charge is 2.15. The zero-order valence-electron chi connectivity index (χ0n) is 11.8. The summed E-state index contributed by atoms with van der Waals surface area (Å²) in [5.41, 5.74) is 2.10. The molecule has 0 bridgehead atoms. The Morgan fingerprint density at radius 3 is 3.14 bits per heavy atom. The molecule has 0 amide bonds. The number of anilines is 3. The summed E-state index contributed by atoms with van der Waals surface area (Å²) in [5.74, 6) is 1.76. The van der Waals surface area contributed by atoms with Crippen LogP contribution in [0, 0.1) is 2.88 Å². The van der Waals surface area contributed by atoms with E-state index in [9.17, 15) is 0 Å². The molecule has 0 fully saturated rings. The highest BCUT2D eigenvalue weighted by molar-refractivity contribution is 14.1. The van der Waals surface area contributed by atoms with Crippen molar-refractivity contribution in [3.05, 3.63) is 33.5 Å². The van der Waals surface area contributed by atoms with Gasteiger partial charge < -0.3 is 15.0 Å². The first-order valence-electron chi connectivity index (χ1n) is 6.86. The summed E-state index contributed by atoms with van der Waals surface area (Å²) in [6.07, 6.45) is 1.60. The van der Waals surface area contributed by atoms with Gasteiger partial charge in [-0.3, -0.25) is 0 Å². The van der Waals surface area contributed by atoms with Gasteiger partial charge in [0.1, 0.15) is 29.3 Å². The zero-order chi connectivity index (χ0) is 15.1. The lowest BCUT2D eigenvalue weighted by molar-refractivity contribution is 0.311. The van der Waals surface area contributed by atoms with Gasteiger partial charge >= 0.3 is 0 Å². The molecule has 1 aliphatic heterocycles. The van der Waals surface area contributed by atoms with Gasteiger partial charge in [-0.2, -0.15) is 0 Å². The van der Waals surface area contributed by atoms with E-state index < -0.39 is 0 Å². The summed E-state index contributed by atoms with van der Waals surface area (Å²) >= 11 is 3.98. The summed E-state index contributed by atoms with van der Waals surface area (Å²) < 4.78 is 6.88. The number of nitrogens with one attached hydrogen (secondary N) is 1. The Labute approximate surface area is 145 Å². The fraction of sp³-hybridized carbons (Fsp3) is 0.200. The molecule has 0 atom stereocenters. The van der Waals surface area contributed by atoms with Gasteiger partial charge in [-0.15, -0.1) is 11.3 Å². The van der Waals surface area contributed by atoms with E-state index in [2.05, 4.69) is 62.0 Å². The Balaban J connectivity index is 1.72. The molecule has 2 aromatic heterocycles. The first-order valence-corrected chi connectivity index (χ1v) is 8.75. The first kappa shape index (κ1) is 14.0. The SMILES string of the molecule is CN1CCOc2ccc(Nc3ncnc4sc(I)cc34)cc21. The van der Waals surface area contributed by atoms with Crippen LogP contribution < -0.4 is 15.0 Å². The number of thiophene rings is 1. The summed E-state index contributed by atoms with van der Waals surface area (Å²) in [5, 5.41) is 4.46. The number of likely N-dealkylation sites (N-methyl/N-ethyl adjacent to an activating group) is 1. The molecule has 112 valence electrons. The van der Waals surface area contributed by atoms with Gasteiger partial charge in [-0.25, -0.2) is 9.97 Å². The maximum absolute atomic E-state index is 5.68. The van der Waals surface area contributed by atoms with Crippen LogP contribution in [0.25, 0.3) is 10.2 Å². The van der Waals surface area contributed by atoms with Crippen molar-refractivity contribution in [3.63, 3.8) is 0 Å². The average Bonchev–Trinajstić information content (AvgIpc) is 2.90. The minimum atomic E-state index is 0.732. The zero-order valence-corrected chi connectivity index (χ0v) is 14.8. The monoisotopic (exact) mass is 424 g/mol. The number of hydrogen-bond acceptors (Lipinski definition) is 6. The van der Waals surface area contributed by atoms with Crippen LogP contribution in [-0.4, -0.2) is 30.2 Å². The number of nitrogens with zero attached hydrogens (tertiary/aromatic N) is 3. The quantitative estimate of drug-likeness (QED) is 0.634. The number of benzene rings is 1. The Bertz CT molecular complexity index is 851. The van der Waals surface area contributed by atoms with Crippen LogP contribution in [-0.2, 0) is 0 Å².